The molecule has 0 radical (unpaired) electrons. The molecule has 20 heavy (non-hydrogen) atoms. The van der Waals surface area contributed by atoms with Crippen LogP contribution in [-0.2, 0) is 22.1 Å². The van der Waals surface area contributed by atoms with E-state index < -0.39 is 4.75 Å². The first-order valence-corrected chi connectivity index (χ1v) is 7.30. The van der Waals surface area contributed by atoms with Crippen LogP contribution in [0, 0.1) is 0 Å². The van der Waals surface area contributed by atoms with Gasteiger partial charge in [-0.05, 0) is 13.8 Å². The lowest BCUT2D eigenvalue weighted by atomic mass is 9.92. The van der Waals surface area contributed by atoms with Crippen molar-refractivity contribution < 1.29 is 9.59 Å². The quantitative estimate of drug-likeness (QED) is 0.931. The van der Waals surface area contributed by atoms with Gasteiger partial charge in [0.15, 0.2) is 5.12 Å². The molecule has 1 aromatic heterocycles. The van der Waals surface area contributed by atoms with E-state index in [1.54, 1.807) is 25.6 Å². The normalized spacial score (nSPS) is 12.3. The SMILES string of the molecule is CC(=O)SC(C)(C)C(=O)Nc1cc(C(C)(C)C)nn1C. The van der Waals surface area contributed by atoms with Crippen LogP contribution in [0.2, 0.25) is 0 Å². The highest BCUT2D eigenvalue weighted by molar-refractivity contribution is 8.15. The molecule has 1 heterocycles. The third kappa shape index (κ3) is 4.10. The molecule has 0 saturated carbocycles. The standard InChI is InChI=1S/C14H23N3O2S/c1-9(18)20-14(5,6)12(19)15-11-8-10(13(2,3)4)16-17(11)7/h8H,1-7H3,(H,15,19). The van der Waals surface area contributed by atoms with Gasteiger partial charge in [-0.15, -0.1) is 0 Å². The molecule has 0 saturated heterocycles. The fourth-order valence-corrected chi connectivity index (χ4v) is 2.49. The molecular weight excluding hydrogens is 274 g/mol. The van der Waals surface area contributed by atoms with E-state index in [1.165, 1.54) is 6.92 Å². The number of carbonyl (C=O) groups excluding carboxylic acids is 2. The second kappa shape index (κ2) is 5.60. The highest BCUT2D eigenvalue weighted by Gasteiger charge is 2.31. The lowest BCUT2D eigenvalue weighted by Crippen LogP contribution is -2.35. The van der Waals surface area contributed by atoms with E-state index in [4.69, 9.17) is 0 Å². The summed E-state index contributed by atoms with van der Waals surface area (Å²) in [5.74, 6) is 0.429. The van der Waals surface area contributed by atoms with Crippen LogP contribution in [0.25, 0.3) is 0 Å². The van der Waals surface area contributed by atoms with Crippen LogP contribution in [-0.4, -0.2) is 25.5 Å². The van der Waals surface area contributed by atoms with Crippen molar-refractivity contribution in [3.05, 3.63) is 11.8 Å². The highest BCUT2D eigenvalue weighted by atomic mass is 32.2. The van der Waals surface area contributed by atoms with Crippen LogP contribution in [0.5, 0.6) is 0 Å². The van der Waals surface area contributed by atoms with Crippen LogP contribution >= 0.6 is 11.8 Å². The van der Waals surface area contributed by atoms with Crippen LogP contribution in [0.1, 0.15) is 47.2 Å². The second-order valence-electron chi connectivity index (χ2n) is 6.35. The van der Waals surface area contributed by atoms with Gasteiger partial charge in [0, 0.05) is 25.5 Å². The number of nitrogens with zero attached hydrogens (tertiary/aromatic N) is 2. The lowest BCUT2D eigenvalue weighted by Gasteiger charge is -2.21. The summed E-state index contributed by atoms with van der Waals surface area (Å²) in [6.45, 7) is 11.1. The number of rotatable bonds is 3. The van der Waals surface area contributed by atoms with Crippen LogP contribution in [0.3, 0.4) is 0 Å². The van der Waals surface area contributed by atoms with E-state index in [-0.39, 0.29) is 16.4 Å². The first-order valence-electron chi connectivity index (χ1n) is 6.49. The smallest absolute Gasteiger partial charge is 0.241 e. The van der Waals surface area contributed by atoms with Crippen LogP contribution in [0.4, 0.5) is 5.82 Å². The maximum atomic E-state index is 12.3. The topological polar surface area (TPSA) is 64.0 Å². The van der Waals surface area contributed by atoms with Crippen LogP contribution in [0.15, 0.2) is 6.07 Å². The Morgan fingerprint density at radius 2 is 1.80 bits per heavy atom. The highest BCUT2D eigenvalue weighted by Crippen LogP contribution is 2.28. The van der Waals surface area contributed by atoms with Gasteiger partial charge in [-0.1, -0.05) is 32.5 Å². The van der Waals surface area contributed by atoms with Crippen molar-refractivity contribution in [2.24, 2.45) is 7.05 Å². The number of amides is 1. The average molecular weight is 297 g/mol. The van der Waals surface area contributed by atoms with Crippen molar-refractivity contribution in [3.8, 4) is 0 Å². The summed E-state index contributed by atoms with van der Waals surface area (Å²) in [5, 5.41) is 7.16. The van der Waals surface area contributed by atoms with E-state index in [0.29, 0.717) is 5.82 Å². The van der Waals surface area contributed by atoms with Gasteiger partial charge in [-0.2, -0.15) is 5.10 Å². The fraction of sp³-hybridized carbons (Fsp3) is 0.643. The number of anilines is 1. The van der Waals surface area contributed by atoms with Crippen molar-refractivity contribution in [2.75, 3.05) is 5.32 Å². The Kier molecular flexibility index (Phi) is 4.69. The zero-order valence-corrected chi connectivity index (χ0v) is 14.0. The molecule has 1 N–H and O–H groups in total. The Morgan fingerprint density at radius 1 is 1.25 bits per heavy atom. The number of nitrogens with one attached hydrogen (secondary N) is 1. The van der Waals surface area contributed by atoms with Crippen molar-refractivity contribution in [3.63, 3.8) is 0 Å². The number of carbonyl (C=O) groups is 2. The summed E-state index contributed by atoms with van der Waals surface area (Å²) in [5.41, 5.74) is 0.831. The largest absolute Gasteiger partial charge is 0.310 e. The van der Waals surface area contributed by atoms with Gasteiger partial charge in [0.2, 0.25) is 5.91 Å². The first-order chi connectivity index (χ1) is 8.93. The van der Waals surface area contributed by atoms with Gasteiger partial charge in [0.05, 0.1) is 10.4 Å². The number of aromatic nitrogens is 2. The Labute approximate surface area is 124 Å². The van der Waals surface area contributed by atoms with Crippen molar-refractivity contribution in [1.29, 1.82) is 0 Å². The zero-order valence-electron chi connectivity index (χ0n) is 13.2. The average Bonchev–Trinajstić information content (AvgIpc) is 2.58. The molecule has 0 bridgehead atoms. The minimum Gasteiger partial charge on any atom is -0.310 e. The van der Waals surface area contributed by atoms with E-state index in [9.17, 15) is 9.59 Å². The van der Waals surface area contributed by atoms with Gasteiger partial charge in [-0.3, -0.25) is 14.3 Å². The Balaban J connectivity index is 2.91. The molecule has 1 amide bonds. The number of thioether (sulfide) groups is 1. The third-order valence-electron chi connectivity index (χ3n) is 2.84. The molecule has 0 fully saturated rings. The van der Waals surface area contributed by atoms with Gasteiger partial charge in [0.1, 0.15) is 5.82 Å². The minimum absolute atomic E-state index is 0.0782. The molecule has 1 aromatic rings. The Bertz CT molecular complexity index is 527. The Morgan fingerprint density at radius 3 is 2.20 bits per heavy atom. The molecule has 0 aliphatic heterocycles. The number of aryl methyl sites for hydroxylation is 1. The van der Waals surface area contributed by atoms with Gasteiger partial charge >= 0.3 is 0 Å². The molecular formula is C14H23N3O2S. The van der Waals surface area contributed by atoms with E-state index in [1.807, 2.05) is 6.07 Å². The summed E-state index contributed by atoms with van der Waals surface area (Å²) in [6.07, 6.45) is 0. The van der Waals surface area contributed by atoms with Gasteiger partial charge in [-0.25, -0.2) is 0 Å². The van der Waals surface area contributed by atoms with Crippen molar-refractivity contribution in [2.45, 2.75) is 51.7 Å². The van der Waals surface area contributed by atoms with Gasteiger partial charge in [0.25, 0.3) is 0 Å². The van der Waals surface area contributed by atoms with E-state index in [2.05, 4.69) is 31.2 Å². The third-order valence-corrected chi connectivity index (χ3v) is 3.82. The molecule has 0 aliphatic carbocycles. The number of hydrogen-bond donors (Lipinski definition) is 1. The lowest BCUT2D eigenvalue weighted by molar-refractivity contribution is -0.118. The Hall–Kier alpha value is -1.30. The summed E-state index contributed by atoms with van der Waals surface area (Å²) in [6, 6.07) is 1.87. The van der Waals surface area contributed by atoms with Crippen LogP contribution < -0.4 is 5.32 Å². The molecule has 112 valence electrons. The maximum Gasteiger partial charge on any atom is 0.241 e. The molecule has 6 heteroatoms. The monoisotopic (exact) mass is 297 g/mol. The predicted molar refractivity (Wildman–Crippen MR) is 82.9 cm³/mol. The molecule has 0 aliphatic rings. The van der Waals surface area contributed by atoms with E-state index >= 15 is 0 Å². The summed E-state index contributed by atoms with van der Waals surface area (Å²) < 4.78 is 0.838. The molecule has 0 atom stereocenters. The minimum atomic E-state index is -0.808. The fourth-order valence-electron chi connectivity index (χ4n) is 1.62. The summed E-state index contributed by atoms with van der Waals surface area (Å²) in [7, 11) is 1.79. The van der Waals surface area contributed by atoms with Crippen molar-refractivity contribution in [1.82, 2.24) is 9.78 Å². The molecule has 1 rings (SSSR count). The molecule has 5 nitrogen and oxygen atoms in total. The zero-order chi connectivity index (χ0) is 15.7. The second-order valence-corrected chi connectivity index (χ2v) is 8.15. The molecule has 0 unspecified atom stereocenters. The summed E-state index contributed by atoms with van der Waals surface area (Å²) in [4.78, 5) is 23.4. The van der Waals surface area contributed by atoms with E-state index in [0.717, 1.165) is 17.5 Å². The first kappa shape index (κ1) is 16.8. The number of hydrogen-bond acceptors (Lipinski definition) is 4. The maximum absolute atomic E-state index is 12.3. The van der Waals surface area contributed by atoms with Crippen molar-refractivity contribution >= 4 is 28.6 Å². The summed E-state index contributed by atoms with van der Waals surface area (Å²) >= 11 is 1.02. The predicted octanol–water partition coefficient (Wildman–Crippen LogP) is 2.71. The molecule has 0 aromatic carbocycles. The molecule has 0 spiro atoms. The van der Waals surface area contributed by atoms with Gasteiger partial charge < -0.3 is 5.32 Å².